The second-order valence-electron chi connectivity index (χ2n) is 3.96. The van der Waals surface area contributed by atoms with Crippen LogP contribution in [-0.4, -0.2) is 65.5 Å². The lowest BCUT2D eigenvalue weighted by Gasteiger charge is -2.13. The van der Waals surface area contributed by atoms with Gasteiger partial charge < -0.3 is 25.3 Å². The van der Waals surface area contributed by atoms with Crippen LogP contribution in [0.4, 0.5) is 0 Å². The SMILES string of the molecule is CC(=O)O.CCN(CC)CC.O.OCC1CCCO1. The van der Waals surface area contributed by atoms with E-state index in [1.165, 1.54) is 19.6 Å². The van der Waals surface area contributed by atoms with Gasteiger partial charge in [-0.15, -0.1) is 0 Å². The van der Waals surface area contributed by atoms with Gasteiger partial charge in [0.25, 0.3) is 5.97 Å². The lowest BCUT2D eigenvalue weighted by atomic mass is 10.2. The molecule has 4 N–H and O–H groups in total. The second-order valence-corrected chi connectivity index (χ2v) is 3.96. The van der Waals surface area contributed by atoms with Gasteiger partial charge in [0, 0.05) is 13.5 Å². The van der Waals surface area contributed by atoms with E-state index in [9.17, 15) is 0 Å². The van der Waals surface area contributed by atoms with E-state index in [1.54, 1.807) is 0 Å². The summed E-state index contributed by atoms with van der Waals surface area (Å²) in [6.45, 7) is 12.2. The normalized spacial score (nSPS) is 16.6. The molecule has 1 fully saturated rings. The molecule has 0 aliphatic carbocycles. The monoisotopic (exact) mass is 281 g/mol. The fourth-order valence-corrected chi connectivity index (χ4v) is 1.46. The number of rotatable bonds is 4. The lowest BCUT2D eigenvalue weighted by Crippen LogP contribution is -2.21. The summed E-state index contributed by atoms with van der Waals surface area (Å²) in [6.07, 6.45) is 2.31. The first-order valence-electron chi connectivity index (χ1n) is 6.65. The highest BCUT2D eigenvalue weighted by atomic mass is 16.5. The average molecular weight is 281 g/mol. The van der Waals surface area contributed by atoms with Crippen LogP contribution < -0.4 is 0 Å². The van der Waals surface area contributed by atoms with Crippen LogP contribution in [0, 0.1) is 0 Å². The number of carboxylic acid groups (broad SMARTS) is 1. The van der Waals surface area contributed by atoms with Gasteiger partial charge in [-0.1, -0.05) is 20.8 Å². The molecular weight excluding hydrogens is 250 g/mol. The molecule has 1 aliphatic rings. The van der Waals surface area contributed by atoms with Gasteiger partial charge in [0.1, 0.15) is 0 Å². The number of aliphatic carboxylic acids is 1. The summed E-state index contributed by atoms with van der Waals surface area (Å²) >= 11 is 0. The Morgan fingerprint density at radius 3 is 1.79 bits per heavy atom. The highest BCUT2D eigenvalue weighted by Crippen LogP contribution is 2.09. The van der Waals surface area contributed by atoms with E-state index in [1.807, 2.05) is 0 Å². The number of carbonyl (C=O) groups is 1. The Labute approximate surface area is 116 Å². The van der Waals surface area contributed by atoms with Crippen molar-refractivity contribution in [2.45, 2.75) is 46.6 Å². The maximum absolute atomic E-state index is 9.00. The van der Waals surface area contributed by atoms with Crippen LogP contribution in [0.15, 0.2) is 0 Å². The standard InChI is InChI=1S/C6H15N.C5H10O2.C2H4O2.H2O/c1-4-7(5-2)6-3;6-4-5-2-1-3-7-5;1-2(3)4;/h4-6H2,1-3H3;5-6H,1-4H2;1H3,(H,3,4);1H2. The minimum absolute atomic E-state index is 0. The molecule has 19 heavy (non-hydrogen) atoms. The van der Waals surface area contributed by atoms with Gasteiger partial charge in [-0.05, 0) is 32.5 Å². The van der Waals surface area contributed by atoms with Gasteiger partial charge in [-0.3, -0.25) is 4.79 Å². The fourth-order valence-electron chi connectivity index (χ4n) is 1.46. The summed E-state index contributed by atoms with van der Waals surface area (Å²) in [5.74, 6) is -0.833. The molecule has 0 radical (unpaired) electrons. The van der Waals surface area contributed by atoms with Crippen LogP contribution in [0.1, 0.15) is 40.5 Å². The molecular formula is C13H31NO5. The van der Waals surface area contributed by atoms with Crippen molar-refractivity contribution in [2.75, 3.05) is 32.8 Å². The molecule has 0 aromatic carbocycles. The number of carboxylic acids is 1. The Kier molecular flexibility index (Phi) is 21.3. The van der Waals surface area contributed by atoms with Gasteiger partial charge in [0.15, 0.2) is 0 Å². The van der Waals surface area contributed by atoms with Crippen molar-refractivity contribution < 1.29 is 25.2 Å². The van der Waals surface area contributed by atoms with E-state index in [4.69, 9.17) is 19.7 Å². The smallest absolute Gasteiger partial charge is 0.300 e. The summed E-state index contributed by atoms with van der Waals surface area (Å²) in [5.41, 5.74) is 0. The Morgan fingerprint density at radius 2 is 1.68 bits per heavy atom. The quantitative estimate of drug-likeness (QED) is 0.792. The van der Waals surface area contributed by atoms with E-state index in [0.717, 1.165) is 26.4 Å². The summed E-state index contributed by atoms with van der Waals surface area (Å²) in [5, 5.41) is 15.9. The lowest BCUT2D eigenvalue weighted by molar-refractivity contribution is -0.134. The van der Waals surface area contributed by atoms with Gasteiger partial charge in [0.2, 0.25) is 0 Å². The summed E-state index contributed by atoms with van der Waals surface area (Å²) in [7, 11) is 0. The molecule has 0 aromatic heterocycles. The zero-order chi connectivity index (χ0) is 14.4. The van der Waals surface area contributed by atoms with Crippen LogP contribution in [0.3, 0.4) is 0 Å². The van der Waals surface area contributed by atoms with Crippen molar-refractivity contribution in [3.63, 3.8) is 0 Å². The summed E-state index contributed by atoms with van der Waals surface area (Å²) in [6, 6.07) is 0. The summed E-state index contributed by atoms with van der Waals surface area (Å²) < 4.78 is 5.05. The van der Waals surface area contributed by atoms with Gasteiger partial charge in [0.05, 0.1) is 12.7 Å². The molecule has 1 aliphatic heterocycles. The predicted octanol–water partition coefficient (Wildman–Crippen LogP) is 0.772. The van der Waals surface area contributed by atoms with Gasteiger partial charge in [-0.25, -0.2) is 0 Å². The molecule has 0 bridgehead atoms. The molecule has 1 unspecified atom stereocenters. The van der Waals surface area contributed by atoms with E-state index in [2.05, 4.69) is 25.7 Å². The van der Waals surface area contributed by atoms with E-state index in [-0.39, 0.29) is 18.2 Å². The number of hydrogen-bond acceptors (Lipinski definition) is 4. The molecule has 0 amide bonds. The van der Waals surface area contributed by atoms with Crippen molar-refractivity contribution in [1.82, 2.24) is 4.90 Å². The molecule has 1 heterocycles. The largest absolute Gasteiger partial charge is 0.481 e. The molecule has 0 spiro atoms. The van der Waals surface area contributed by atoms with Gasteiger partial charge >= 0.3 is 0 Å². The van der Waals surface area contributed by atoms with Gasteiger partial charge in [-0.2, -0.15) is 0 Å². The van der Waals surface area contributed by atoms with Crippen molar-refractivity contribution in [2.24, 2.45) is 0 Å². The van der Waals surface area contributed by atoms with E-state index < -0.39 is 5.97 Å². The molecule has 6 nitrogen and oxygen atoms in total. The Bertz CT molecular complexity index is 167. The Balaban J connectivity index is -0.000000205. The second kappa shape index (κ2) is 17.3. The van der Waals surface area contributed by atoms with Crippen molar-refractivity contribution in [3.8, 4) is 0 Å². The number of aliphatic hydroxyl groups is 1. The first kappa shape index (κ1) is 23.4. The Morgan fingerprint density at radius 1 is 1.26 bits per heavy atom. The highest BCUT2D eigenvalue weighted by molar-refractivity contribution is 5.62. The highest BCUT2D eigenvalue weighted by Gasteiger charge is 2.12. The third-order valence-electron chi connectivity index (χ3n) is 2.57. The van der Waals surface area contributed by atoms with E-state index >= 15 is 0 Å². The first-order chi connectivity index (χ1) is 8.51. The molecule has 6 heteroatoms. The Hall–Kier alpha value is -0.690. The van der Waals surface area contributed by atoms with Crippen LogP contribution >= 0.6 is 0 Å². The average Bonchev–Trinajstić information content (AvgIpc) is 2.84. The van der Waals surface area contributed by atoms with Crippen LogP contribution in [-0.2, 0) is 9.53 Å². The topological polar surface area (TPSA) is 102 Å². The van der Waals surface area contributed by atoms with Crippen LogP contribution in [0.25, 0.3) is 0 Å². The number of aliphatic hydroxyl groups excluding tert-OH is 1. The molecule has 0 saturated carbocycles. The number of ether oxygens (including phenoxy) is 1. The molecule has 1 atom stereocenters. The number of nitrogens with zero attached hydrogens (tertiary/aromatic N) is 1. The third kappa shape index (κ3) is 19.8. The van der Waals surface area contributed by atoms with Crippen molar-refractivity contribution in [3.05, 3.63) is 0 Å². The first-order valence-corrected chi connectivity index (χ1v) is 6.65. The maximum atomic E-state index is 9.00. The zero-order valence-corrected chi connectivity index (χ0v) is 12.7. The van der Waals surface area contributed by atoms with Crippen LogP contribution in [0.5, 0.6) is 0 Å². The molecule has 1 saturated heterocycles. The van der Waals surface area contributed by atoms with Crippen LogP contribution in [0.2, 0.25) is 0 Å². The molecule has 118 valence electrons. The maximum Gasteiger partial charge on any atom is 0.300 e. The minimum Gasteiger partial charge on any atom is -0.481 e. The van der Waals surface area contributed by atoms with Crippen molar-refractivity contribution >= 4 is 5.97 Å². The summed E-state index contributed by atoms with van der Waals surface area (Å²) in [4.78, 5) is 11.4. The number of hydrogen-bond donors (Lipinski definition) is 2. The molecule has 1 rings (SSSR count). The third-order valence-corrected chi connectivity index (χ3v) is 2.57. The minimum atomic E-state index is -0.833. The fraction of sp³-hybridized carbons (Fsp3) is 0.923. The van der Waals surface area contributed by atoms with E-state index in [0.29, 0.717) is 0 Å². The predicted molar refractivity (Wildman–Crippen MR) is 76.4 cm³/mol. The van der Waals surface area contributed by atoms with Crippen molar-refractivity contribution in [1.29, 1.82) is 0 Å². The zero-order valence-electron chi connectivity index (χ0n) is 12.7. The molecule has 0 aromatic rings.